The Morgan fingerprint density at radius 2 is 2.00 bits per heavy atom. The van der Waals surface area contributed by atoms with Gasteiger partial charge in [0.15, 0.2) is 9.84 Å². The van der Waals surface area contributed by atoms with Crippen molar-refractivity contribution in [3.63, 3.8) is 0 Å². The Balaban J connectivity index is 2.38. The van der Waals surface area contributed by atoms with Gasteiger partial charge >= 0.3 is 0 Å². The first-order valence-electron chi connectivity index (χ1n) is 4.32. The fourth-order valence-electron chi connectivity index (χ4n) is 1.74. The van der Waals surface area contributed by atoms with E-state index in [9.17, 15) is 8.42 Å². The third-order valence-corrected chi connectivity index (χ3v) is 4.64. The molecule has 2 rings (SSSR count). The molecule has 1 fully saturated rings. The second kappa shape index (κ2) is 3.10. The largest absolute Gasteiger partial charge is 0.265 e. The predicted octanol–water partition coefficient (Wildman–Crippen LogP) is 1.33. The number of rotatable bonds is 1. The third-order valence-electron chi connectivity index (χ3n) is 2.41. The van der Waals surface area contributed by atoms with Crippen molar-refractivity contribution >= 4 is 9.84 Å². The van der Waals surface area contributed by atoms with Gasteiger partial charge in [0.1, 0.15) is 0 Å². The maximum absolute atomic E-state index is 11.5. The minimum atomic E-state index is -2.87. The lowest BCUT2D eigenvalue weighted by atomic mass is 10.1. The van der Waals surface area contributed by atoms with E-state index in [4.69, 9.17) is 0 Å². The van der Waals surface area contributed by atoms with Gasteiger partial charge in [0, 0.05) is 12.4 Å². The molecule has 0 spiro atoms. The van der Waals surface area contributed by atoms with E-state index in [0.29, 0.717) is 5.75 Å². The van der Waals surface area contributed by atoms with E-state index in [1.807, 2.05) is 0 Å². The van der Waals surface area contributed by atoms with E-state index in [1.165, 1.54) is 0 Å². The zero-order valence-corrected chi connectivity index (χ0v) is 8.00. The van der Waals surface area contributed by atoms with Gasteiger partial charge in [-0.05, 0) is 30.5 Å². The molecule has 0 amide bonds. The molecule has 1 aromatic heterocycles. The Kier molecular flexibility index (Phi) is 2.07. The van der Waals surface area contributed by atoms with Crippen LogP contribution in [0.25, 0.3) is 0 Å². The molecule has 1 aromatic rings. The van der Waals surface area contributed by atoms with Gasteiger partial charge in [0.2, 0.25) is 0 Å². The number of pyridine rings is 1. The summed E-state index contributed by atoms with van der Waals surface area (Å²) < 4.78 is 23.1. The molecule has 4 heteroatoms. The summed E-state index contributed by atoms with van der Waals surface area (Å²) >= 11 is 0. The molecular formula is C9H11NO2S. The molecule has 0 N–H and O–H groups in total. The SMILES string of the molecule is O=S1(=O)CCCC1c1ccncc1. The Morgan fingerprint density at radius 1 is 1.31 bits per heavy atom. The zero-order chi connectivity index (χ0) is 9.31. The van der Waals surface area contributed by atoms with Crippen LogP contribution in [-0.2, 0) is 9.84 Å². The summed E-state index contributed by atoms with van der Waals surface area (Å²) in [6.07, 6.45) is 4.83. The molecule has 1 atom stereocenters. The maximum Gasteiger partial charge on any atom is 0.157 e. The standard InChI is InChI=1S/C9H11NO2S/c11-13(12)7-1-2-9(13)8-3-5-10-6-4-8/h3-6,9H,1-2,7H2. The summed E-state index contributed by atoms with van der Waals surface area (Å²) in [6.45, 7) is 0. The van der Waals surface area contributed by atoms with Crippen molar-refractivity contribution < 1.29 is 8.42 Å². The normalized spacial score (nSPS) is 26.0. The van der Waals surface area contributed by atoms with Gasteiger partial charge in [-0.2, -0.15) is 0 Å². The van der Waals surface area contributed by atoms with Crippen LogP contribution >= 0.6 is 0 Å². The second-order valence-electron chi connectivity index (χ2n) is 3.28. The van der Waals surface area contributed by atoms with Gasteiger partial charge in [0.25, 0.3) is 0 Å². The van der Waals surface area contributed by atoms with Crippen LogP contribution in [0.3, 0.4) is 0 Å². The highest BCUT2D eigenvalue weighted by molar-refractivity contribution is 7.91. The maximum atomic E-state index is 11.5. The van der Waals surface area contributed by atoms with Crippen LogP contribution in [0.2, 0.25) is 0 Å². The van der Waals surface area contributed by atoms with Crippen LogP contribution in [0.15, 0.2) is 24.5 Å². The first kappa shape index (κ1) is 8.69. The Hall–Kier alpha value is -0.900. The number of nitrogens with zero attached hydrogens (tertiary/aromatic N) is 1. The van der Waals surface area contributed by atoms with Crippen molar-refractivity contribution in [2.75, 3.05) is 5.75 Å². The monoisotopic (exact) mass is 197 g/mol. The fourth-order valence-corrected chi connectivity index (χ4v) is 3.69. The van der Waals surface area contributed by atoms with Crippen LogP contribution < -0.4 is 0 Å². The van der Waals surface area contributed by atoms with Gasteiger partial charge in [0.05, 0.1) is 11.0 Å². The first-order valence-corrected chi connectivity index (χ1v) is 6.03. The Labute approximate surface area is 77.7 Å². The van der Waals surface area contributed by atoms with E-state index < -0.39 is 9.84 Å². The highest BCUT2D eigenvalue weighted by Crippen LogP contribution is 2.33. The molecule has 0 bridgehead atoms. The third kappa shape index (κ3) is 1.58. The highest BCUT2D eigenvalue weighted by Gasteiger charge is 2.32. The van der Waals surface area contributed by atoms with E-state index >= 15 is 0 Å². The van der Waals surface area contributed by atoms with Crippen molar-refractivity contribution in [3.05, 3.63) is 30.1 Å². The summed E-state index contributed by atoms with van der Waals surface area (Å²) in [6, 6.07) is 3.57. The van der Waals surface area contributed by atoms with Gasteiger partial charge in [-0.1, -0.05) is 0 Å². The number of hydrogen-bond acceptors (Lipinski definition) is 3. The van der Waals surface area contributed by atoms with Gasteiger partial charge in [-0.3, -0.25) is 4.98 Å². The molecule has 1 unspecified atom stereocenters. The topological polar surface area (TPSA) is 47.0 Å². The molecule has 3 nitrogen and oxygen atoms in total. The van der Waals surface area contributed by atoms with Crippen LogP contribution in [-0.4, -0.2) is 19.2 Å². The molecule has 0 saturated carbocycles. The van der Waals surface area contributed by atoms with Crippen LogP contribution in [0.1, 0.15) is 23.7 Å². The average Bonchev–Trinajstić information content (AvgIpc) is 2.47. The van der Waals surface area contributed by atoms with Gasteiger partial charge in [-0.15, -0.1) is 0 Å². The molecular weight excluding hydrogens is 186 g/mol. The van der Waals surface area contributed by atoms with E-state index in [0.717, 1.165) is 18.4 Å². The summed E-state index contributed by atoms with van der Waals surface area (Å²) in [5, 5.41) is -0.282. The number of hydrogen-bond donors (Lipinski definition) is 0. The molecule has 0 aromatic carbocycles. The Morgan fingerprint density at radius 3 is 2.54 bits per heavy atom. The van der Waals surface area contributed by atoms with Crippen molar-refractivity contribution in [3.8, 4) is 0 Å². The van der Waals surface area contributed by atoms with Crippen molar-refractivity contribution in [1.82, 2.24) is 4.98 Å². The number of aromatic nitrogens is 1. The minimum absolute atomic E-state index is 0.282. The van der Waals surface area contributed by atoms with Crippen molar-refractivity contribution in [2.45, 2.75) is 18.1 Å². The molecule has 1 saturated heterocycles. The molecule has 70 valence electrons. The zero-order valence-electron chi connectivity index (χ0n) is 7.18. The summed E-state index contributed by atoms with van der Waals surface area (Å²) in [7, 11) is -2.87. The van der Waals surface area contributed by atoms with Crippen molar-refractivity contribution in [2.24, 2.45) is 0 Å². The van der Waals surface area contributed by atoms with Crippen LogP contribution in [0.5, 0.6) is 0 Å². The Bertz CT molecular complexity index is 385. The average molecular weight is 197 g/mol. The molecule has 13 heavy (non-hydrogen) atoms. The lowest BCUT2D eigenvalue weighted by Gasteiger charge is -2.07. The smallest absolute Gasteiger partial charge is 0.157 e. The predicted molar refractivity (Wildman–Crippen MR) is 50.0 cm³/mol. The summed E-state index contributed by atoms with van der Waals surface area (Å²) in [4.78, 5) is 3.87. The fraction of sp³-hybridized carbons (Fsp3) is 0.444. The lowest BCUT2D eigenvalue weighted by Crippen LogP contribution is -2.07. The molecule has 0 aliphatic carbocycles. The lowest BCUT2D eigenvalue weighted by molar-refractivity contribution is 0.592. The highest BCUT2D eigenvalue weighted by atomic mass is 32.2. The summed E-state index contributed by atoms with van der Waals surface area (Å²) in [5.74, 6) is 0.333. The van der Waals surface area contributed by atoms with Gasteiger partial charge < -0.3 is 0 Å². The van der Waals surface area contributed by atoms with Crippen LogP contribution in [0.4, 0.5) is 0 Å². The first-order chi connectivity index (χ1) is 6.20. The molecule has 0 radical (unpaired) electrons. The van der Waals surface area contributed by atoms with Crippen LogP contribution in [0, 0.1) is 0 Å². The minimum Gasteiger partial charge on any atom is -0.265 e. The molecule has 1 aliphatic rings. The second-order valence-corrected chi connectivity index (χ2v) is 5.58. The van der Waals surface area contributed by atoms with E-state index in [2.05, 4.69) is 4.98 Å². The van der Waals surface area contributed by atoms with Crippen molar-refractivity contribution in [1.29, 1.82) is 0 Å². The number of sulfone groups is 1. The molecule has 2 heterocycles. The van der Waals surface area contributed by atoms with E-state index in [1.54, 1.807) is 24.5 Å². The van der Waals surface area contributed by atoms with E-state index in [-0.39, 0.29) is 5.25 Å². The quantitative estimate of drug-likeness (QED) is 0.682. The summed E-state index contributed by atoms with van der Waals surface area (Å²) in [5.41, 5.74) is 0.882. The van der Waals surface area contributed by atoms with Gasteiger partial charge in [-0.25, -0.2) is 8.42 Å². The molecule has 1 aliphatic heterocycles.